The molecule has 0 bridgehead atoms. The fraction of sp³-hybridized carbons (Fsp3) is 0.471. The first-order valence-electron chi connectivity index (χ1n) is 8.08. The monoisotopic (exact) mass is 328 g/mol. The highest BCUT2D eigenvalue weighted by Crippen LogP contribution is 2.25. The Morgan fingerprint density at radius 3 is 3.09 bits per heavy atom. The van der Waals surface area contributed by atoms with Gasteiger partial charge in [0.05, 0.1) is 11.7 Å². The van der Waals surface area contributed by atoms with Gasteiger partial charge in [-0.2, -0.15) is 0 Å². The molecule has 1 atom stereocenters. The van der Waals surface area contributed by atoms with E-state index in [9.17, 15) is 4.79 Å². The first kappa shape index (κ1) is 14.8. The van der Waals surface area contributed by atoms with Crippen LogP contribution in [0.2, 0.25) is 0 Å². The number of thiophene rings is 1. The van der Waals surface area contributed by atoms with Gasteiger partial charge in [0, 0.05) is 37.3 Å². The SMILES string of the molecule is C[C@H](C(=O)N1CCc2sccc2C1)N1CCc2cncnc2C1. The van der Waals surface area contributed by atoms with Crippen LogP contribution in [0.25, 0.3) is 0 Å². The molecule has 0 aliphatic carbocycles. The van der Waals surface area contributed by atoms with Crippen LogP contribution in [0.5, 0.6) is 0 Å². The van der Waals surface area contributed by atoms with Crippen LogP contribution in [0.4, 0.5) is 0 Å². The number of amides is 1. The Morgan fingerprint density at radius 2 is 2.17 bits per heavy atom. The third kappa shape index (κ3) is 2.77. The Balaban J connectivity index is 1.45. The highest BCUT2D eigenvalue weighted by molar-refractivity contribution is 7.10. The number of aromatic nitrogens is 2. The fourth-order valence-corrected chi connectivity index (χ4v) is 4.35. The number of fused-ring (bicyclic) bond motifs is 2. The standard InChI is InChI=1S/C17H20N4OS/c1-12(20-5-2-13-8-18-11-19-15(13)10-20)17(22)21-6-3-16-14(9-21)4-7-23-16/h4,7-8,11-12H,2-3,5-6,9-10H2,1H3/t12-/m1/s1. The summed E-state index contributed by atoms with van der Waals surface area (Å²) in [6, 6.07) is 2.05. The maximum Gasteiger partial charge on any atom is 0.239 e. The van der Waals surface area contributed by atoms with Crippen LogP contribution in [0.15, 0.2) is 24.0 Å². The van der Waals surface area contributed by atoms with Crippen molar-refractivity contribution in [3.63, 3.8) is 0 Å². The molecule has 2 aliphatic heterocycles. The Kier molecular flexibility index (Phi) is 3.87. The molecule has 4 heterocycles. The van der Waals surface area contributed by atoms with E-state index in [2.05, 4.69) is 26.3 Å². The minimum Gasteiger partial charge on any atom is -0.337 e. The second-order valence-corrected chi connectivity index (χ2v) is 7.27. The summed E-state index contributed by atoms with van der Waals surface area (Å²) in [6.45, 7) is 5.25. The summed E-state index contributed by atoms with van der Waals surface area (Å²) < 4.78 is 0. The first-order chi connectivity index (χ1) is 11.2. The lowest BCUT2D eigenvalue weighted by molar-refractivity contribution is -0.137. The van der Waals surface area contributed by atoms with E-state index in [0.717, 1.165) is 44.7 Å². The molecule has 2 aromatic heterocycles. The molecule has 23 heavy (non-hydrogen) atoms. The van der Waals surface area contributed by atoms with Crippen molar-refractivity contribution in [2.75, 3.05) is 13.1 Å². The maximum atomic E-state index is 12.9. The minimum absolute atomic E-state index is 0.0988. The van der Waals surface area contributed by atoms with E-state index in [1.54, 1.807) is 17.7 Å². The van der Waals surface area contributed by atoms with E-state index in [1.165, 1.54) is 16.0 Å². The molecule has 5 nitrogen and oxygen atoms in total. The molecule has 0 fully saturated rings. The zero-order valence-corrected chi connectivity index (χ0v) is 14.1. The van der Waals surface area contributed by atoms with E-state index < -0.39 is 0 Å². The largest absolute Gasteiger partial charge is 0.337 e. The predicted molar refractivity (Wildman–Crippen MR) is 89.0 cm³/mol. The number of carbonyl (C=O) groups excluding carboxylic acids is 1. The summed E-state index contributed by atoms with van der Waals surface area (Å²) in [5.41, 5.74) is 3.59. The van der Waals surface area contributed by atoms with Crippen molar-refractivity contribution >= 4 is 17.2 Å². The number of hydrogen-bond acceptors (Lipinski definition) is 5. The molecular weight excluding hydrogens is 308 g/mol. The molecule has 4 rings (SSSR count). The second-order valence-electron chi connectivity index (χ2n) is 6.27. The van der Waals surface area contributed by atoms with Crippen LogP contribution < -0.4 is 0 Å². The zero-order valence-electron chi connectivity index (χ0n) is 13.2. The lowest BCUT2D eigenvalue weighted by atomic mass is 10.0. The third-order valence-corrected chi connectivity index (χ3v) is 5.95. The van der Waals surface area contributed by atoms with Crippen molar-refractivity contribution in [1.82, 2.24) is 19.8 Å². The predicted octanol–water partition coefficient (Wildman–Crippen LogP) is 1.87. The lowest BCUT2D eigenvalue weighted by Crippen LogP contribution is -2.49. The van der Waals surface area contributed by atoms with Crippen molar-refractivity contribution < 1.29 is 4.79 Å². The minimum atomic E-state index is -0.0988. The topological polar surface area (TPSA) is 49.3 Å². The Hall–Kier alpha value is -1.79. The summed E-state index contributed by atoms with van der Waals surface area (Å²) in [5.74, 6) is 0.236. The smallest absolute Gasteiger partial charge is 0.239 e. The van der Waals surface area contributed by atoms with Crippen LogP contribution >= 0.6 is 11.3 Å². The van der Waals surface area contributed by atoms with Crippen molar-refractivity contribution in [2.24, 2.45) is 0 Å². The Labute approximate surface area is 140 Å². The molecule has 0 saturated heterocycles. The van der Waals surface area contributed by atoms with Crippen molar-refractivity contribution in [1.29, 1.82) is 0 Å². The van der Waals surface area contributed by atoms with Gasteiger partial charge in [0.1, 0.15) is 6.33 Å². The van der Waals surface area contributed by atoms with Crippen LogP contribution in [-0.2, 0) is 30.7 Å². The highest BCUT2D eigenvalue weighted by Gasteiger charge is 2.30. The number of nitrogens with zero attached hydrogens (tertiary/aromatic N) is 4. The van der Waals surface area contributed by atoms with Gasteiger partial charge in [0.25, 0.3) is 0 Å². The average molecular weight is 328 g/mol. The molecule has 0 aromatic carbocycles. The molecule has 1 amide bonds. The maximum absolute atomic E-state index is 12.9. The quantitative estimate of drug-likeness (QED) is 0.844. The van der Waals surface area contributed by atoms with Crippen molar-refractivity contribution in [3.05, 3.63) is 45.7 Å². The van der Waals surface area contributed by atoms with Crippen LogP contribution in [-0.4, -0.2) is 44.8 Å². The van der Waals surface area contributed by atoms with Crippen LogP contribution in [0, 0.1) is 0 Å². The number of rotatable bonds is 2. The van der Waals surface area contributed by atoms with Crippen LogP contribution in [0.3, 0.4) is 0 Å². The van der Waals surface area contributed by atoms with E-state index in [4.69, 9.17) is 0 Å². The summed E-state index contributed by atoms with van der Waals surface area (Å²) >= 11 is 1.81. The van der Waals surface area contributed by atoms with Gasteiger partial charge in [-0.25, -0.2) is 9.97 Å². The van der Waals surface area contributed by atoms with Gasteiger partial charge in [0.2, 0.25) is 5.91 Å². The van der Waals surface area contributed by atoms with Crippen molar-refractivity contribution in [2.45, 2.75) is 38.9 Å². The molecule has 6 heteroatoms. The van der Waals surface area contributed by atoms with Crippen molar-refractivity contribution in [3.8, 4) is 0 Å². The van der Waals surface area contributed by atoms with Gasteiger partial charge >= 0.3 is 0 Å². The Bertz CT molecular complexity index is 729. The second kappa shape index (κ2) is 6.02. The van der Waals surface area contributed by atoms with Gasteiger partial charge in [-0.1, -0.05) is 0 Å². The van der Waals surface area contributed by atoms with Gasteiger partial charge in [-0.15, -0.1) is 11.3 Å². The summed E-state index contributed by atoms with van der Waals surface area (Å²) in [4.78, 5) is 27.0. The first-order valence-corrected chi connectivity index (χ1v) is 8.96. The molecule has 0 unspecified atom stereocenters. The van der Waals surface area contributed by atoms with Gasteiger partial charge in [-0.3, -0.25) is 9.69 Å². The van der Waals surface area contributed by atoms with E-state index >= 15 is 0 Å². The van der Waals surface area contributed by atoms with Crippen LogP contribution in [0.1, 0.15) is 28.6 Å². The Morgan fingerprint density at radius 1 is 1.26 bits per heavy atom. The number of hydrogen-bond donors (Lipinski definition) is 0. The molecular formula is C17H20N4OS. The summed E-state index contributed by atoms with van der Waals surface area (Å²) in [7, 11) is 0. The molecule has 0 saturated carbocycles. The zero-order chi connectivity index (χ0) is 15.8. The molecule has 2 aliphatic rings. The fourth-order valence-electron chi connectivity index (χ4n) is 3.46. The molecule has 120 valence electrons. The van der Waals surface area contributed by atoms with E-state index in [-0.39, 0.29) is 11.9 Å². The summed E-state index contributed by atoms with van der Waals surface area (Å²) in [6.07, 6.45) is 5.40. The van der Waals surface area contributed by atoms with E-state index in [0.29, 0.717) is 0 Å². The van der Waals surface area contributed by atoms with Gasteiger partial charge in [-0.05, 0) is 42.3 Å². The molecule has 0 radical (unpaired) electrons. The average Bonchev–Trinajstić information content (AvgIpc) is 3.07. The van der Waals surface area contributed by atoms with E-state index in [1.807, 2.05) is 18.0 Å². The van der Waals surface area contributed by atoms with Gasteiger partial charge < -0.3 is 4.90 Å². The molecule has 0 spiro atoms. The normalized spacial score (nSPS) is 19.1. The molecule has 0 N–H and O–H groups in total. The summed E-state index contributed by atoms with van der Waals surface area (Å²) in [5, 5.41) is 2.13. The molecule has 2 aromatic rings. The highest BCUT2D eigenvalue weighted by atomic mass is 32.1. The number of carbonyl (C=O) groups is 1. The van der Waals surface area contributed by atoms with Gasteiger partial charge in [0.15, 0.2) is 0 Å². The third-order valence-electron chi connectivity index (χ3n) is 4.93. The lowest BCUT2D eigenvalue weighted by Gasteiger charge is -2.36.